The van der Waals surface area contributed by atoms with E-state index in [0.717, 1.165) is 11.8 Å². The van der Waals surface area contributed by atoms with Crippen molar-refractivity contribution in [2.45, 2.75) is 12.6 Å². The third-order valence-corrected chi connectivity index (χ3v) is 4.64. The molecule has 0 radical (unpaired) electrons. The molecule has 0 atom stereocenters. The van der Waals surface area contributed by atoms with Crippen molar-refractivity contribution < 1.29 is 27.5 Å². The normalized spacial score (nSPS) is 11.3. The first-order chi connectivity index (χ1) is 14.7. The van der Waals surface area contributed by atoms with Gasteiger partial charge in [-0.2, -0.15) is 18.3 Å². The van der Waals surface area contributed by atoms with Crippen molar-refractivity contribution >= 4 is 23.5 Å². The Labute approximate surface area is 180 Å². The van der Waals surface area contributed by atoms with Crippen LogP contribution >= 0.6 is 11.6 Å². The van der Waals surface area contributed by atoms with E-state index < -0.39 is 29.3 Å². The van der Waals surface area contributed by atoms with Gasteiger partial charge in [-0.15, -0.1) is 0 Å². The zero-order valence-electron chi connectivity index (χ0n) is 16.2. The molecule has 3 aromatic rings. The van der Waals surface area contributed by atoms with Crippen LogP contribution in [0.25, 0.3) is 5.69 Å². The van der Waals surface area contributed by atoms with Crippen LogP contribution in [0, 0.1) is 0 Å². The van der Waals surface area contributed by atoms with E-state index in [9.17, 15) is 22.8 Å². The molecule has 1 amide bonds. The number of halogens is 4. The van der Waals surface area contributed by atoms with Gasteiger partial charge in [-0.3, -0.25) is 4.79 Å². The smallest absolute Gasteiger partial charge is 0.434 e. The summed E-state index contributed by atoms with van der Waals surface area (Å²) >= 11 is 5.87. The van der Waals surface area contributed by atoms with Gasteiger partial charge in [0, 0.05) is 11.6 Å². The number of nitrogens with zero attached hydrogens (tertiary/aromatic N) is 2. The number of aromatic nitrogens is 2. The summed E-state index contributed by atoms with van der Waals surface area (Å²) in [6.07, 6.45) is -3.57. The van der Waals surface area contributed by atoms with Gasteiger partial charge in [0.15, 0.2) is 5.69 Å². The maximum Gasteiger partial charge on any atom is 0.434 e. The summed E-state index contributed by atoms with van der Waals surface area (Å²) in [5, 5.41) is 6.46. The zero-order valence-corrected chi connectivity index (χ0v) is 17.0. The fourth-order valence-corrected chi connectivity index (χ4v) is 3.12. The molecular formula is C21H17ClF3N3O3. The van der Waals surface area contributed by atoms with Gasteiger partial charge in [0.25, 0.3) is 5.91 Å². The van der Waals surface area contributed by atoms with Crippen molar-refractivity contribution in [2.75, 3.05) is 13.7 Å². The predicted octanol–water partition coefficient (Wildman–Crippen LogP) is 4.30. The van der Waals surface area contributed by atoms with E-state index in [1.807, 2.05) is 0 Å². The molecule has 0 aliphatic carbocycles. The SMILES string of the molecule is COC(=O)c1ccc(CCNC(=O)c2cnn(-c3cccc(Cl)c3)c2C(F)(F)F)cc1. The van der Waals surface area contributed by atoms with Crippen molar-refractivity contribution in [3.63, 3.8) is 0 Å². The highest BCUT2D eigenvalue weighted by molar-refractivity contribution is 6.30. The lowest BCUT2D eigenvalue weighted by atomic mass is 10.1. The van der Waals surface area contributed by atoms with Crippen molar-refractivity contribution in [3.05, 3.63) is 82.1 Å². The first-order valence-corrected chi connectivity index (χ1v) is 9.45. The third-order valence-electron chi connectivity index (χ3n) is 4.41. The number of hydrogen-bond donors (Lipinski definition) is 1. The summed E-state index contributed by atoms with van der Waals surface area (Å²) in [5.74, 6) is -1.37. The van der Waals surface area contributed by atoms with E-state index in [0.29, 0.717) is 16.7 Å². The van der Waals surface area contributed by atoms with Gasteiger partial charge < -0.3 is 10.1 Å². The van der Waals surface area contributed by atoms with Gasteiger partial charge in [-0.1, -0.05) is 29.8 Å². The number of carbonyl (C=O) groups excluding carboxylic acids is 2. The Morgan fingerprint density at radius 2 is 1.87 bits per heavy atom. The second-order valence-electron chi connectivity index (χ2n) is 6.49. The number of alkyl halides is 3. The summed E-state index contributed by atoms with van der Waals surface area (Å²) in [6.45, 7) is 0.0933. The summed E-state index contributed by atoms with van der Waals surface area (Å²) in [6, 6.07) is 12.2. The highest BCUT2D eigenvalue weighted by atomic mass is 35.5. The average molecular weight is 452 g/mol. The molecule has 0 unspecified atom stereocenters. The molecule has 0 spiro atoms. The monoisotopic (exact) mass is 451 g/mol. The third kappa shape index (κ3) is 5.24. The lowest BCUT2D eigenvalue weighted by molar-refractivity contribution is -0.143. The van der Waals surface area contributed by atoms with Crippen LogP contribution < -0.4 is 5.32 Å². The quantitative estimate of drug-likeness (QED) is 0.567. The molecule has 0 saturated carbocycles. The van der Waals surface area contributed by atoms with Crippen molar-refractivity contribution in [1.29, 1.82) is 0 Å². The molecule has 2 aromatic carbocycles. The fraction of sp³-hybridized carbons (Fsp3) is 0.190. The van der Waals surface area contributed by atoms with Gasteiger partial charge in [-0.05, 0) is 42.3 Å². The molecule has 0 aliphatic heterocycles. The minimum absolute atomic E-state index is 0.0876. The maximum atomic E-state index is 13.7. The van der Waals surface area contributed by atoms with Crippen molar-refractivity contribution in [1.82, 2.24) is 15.1 Å². The molecule has 0 aliphatic rings. The molecule has 10 heteroatoms. The number of rotatable bonds is 6. The van der Waals surface area contributed by atoms with Gasteiger partial charge in [0.1, 0.15) is 0 Å². The van der Waals surface area contributed by atoms with Crippen LogP contribution in [-0.2, 0) is 17.3 Å². The number of esters is 1. The number of amides is 1. The van der Waals surface area contributed by atoms with Crippen LogP contribution in [-0.4, -0.2) is 35.3 Å². The van der Waals surface area contributed by atoms with Gasteiger partial charge in [0.2, 0.25) is 0 Å². The number of hydrogen-bond acceptors (Lipinski definition) is 4. The topological polar surface area (TPSA) is 73.2 Å². The lowest BCUT2D eigenvalue weighted by Gasteiger charge is -2.13. The van der Waals surface area contributed by atoms with E-state index in [1.165, 1.54) is 31.4 Å². The van der Waals surface area contributed by atoms with Gasteiger partial charge >= 0.3 is 12.1 Å². The van der Waals surface area contributed by atoms with E-state index in [-0.39, 0.29) is 17.3 Å². The summed E-state index contributed by atoms with van der Waals surface area (Å²) < 4.78 is 46.3. The number of methoxy groups -OCH3 is 1. The van der Waals surface area contributed by atoms with Crippen LogP contribution in [0.15, 0.2) is 54.7 Å². The summed E-state index contributed by atoms with van der Waals surface area (Å²) in [5.41, 5.74) is -0.523. The standard InChI is InChI=1S/C21H17ClF3N3O3/c1-31-20(30)14-7-5-13(6-8-14)9-10-26-19(29)17-12-27-28(18(17)21(23,24)25)16-4-2-3-15(22)11-16/h2-8,11-12H,9-10H2,1H3,(H,26,29). The molecule has 0 saturated heterocycles. The Hall–Kier alpha value is -3.33. The summed E-state index contributed by atoms with van der Waals surface area (Å²) in [7, 11) is 1.27. The number of carbonyl (C=O) groups is 2. The minimum atomic E-state index is -4.81. The molecule has 31 heavy (non-hydrogen) atoms. The Balaban J connectivity index is 1.74. The Morgan fingerprint density at radius 1 is 1.16 bits per heavy atom. The molecule has 1 heterocycles. The molecular weight excluding hydrogens is 435 g/mol. The molecule has 1 N–H and O–H groups in total. The number of benzene rings is 2. The first kappa shape index (κ1) is 22.4. The second-order valence-corrected chi connectivity index (χ2v) is 6.93. The second kappa shape index (κ2) is 9.22. The van der Waals surface area contributed by atoms with Crippen LogP contribution in [0.1, 0.15) is 32.0 Å². The molecule has 162 valence electrons. The maximum absolute atomic E-state index is 13.7. The number of ether oxygens (including phenoxy) is 1. The molecule has 6 nitrogen and oxygen atoms in total. The van der Waals surface area contributed by atoms with Gasteiger partial charge in [0.05, 0.1) is 30.1 Å². The minimum Gasteiger partial charge on any atom is -0.465 e. The zero-order chi connectivity index (χ0) is 22.6. The Morgan fingerprint density at radius 3 is 2.48 bits per heavy atom. The molecule has 0 bridgehead atoms. The van der Waals surface area contributed by atoms with E-state index in [4.69, 9.17) is 11.6 Å². The predicted molar refractivity (Wildman–Crippen MR) is 107 cm³/mol. The first-order valence-electron chi connectivity index (χ1n) is 9.07. The Bertz CT molecular complexity index is 1100. The van der Waals surface area contributed by atoms with Crippen LogP contribution in [0.2, 0.25) is 5.02 Å². The van der Waals surface area contributed by atoms with E-state index >= 15 is 0 Å². The lowest BCUT2D eigenvalue weighted by Crippen LogP contribution is -2.28. The highest BCUT2D eigenvalue weighted by Gasteiger charge is 2.40. The molecule has 0 fully saturated rings. The van der Waals surface area contributed by atoms with Crippen LogP contribution in [0.5, 0.6) is 0 Å². The van der Waals surface area contributed by atoms with Crippen molar-refractivity contribution in [3.8, 4) is 5.69 Å². The van der Waals surface area contributed by atoms with Crippen LogP contribution in [0.3, 0.4) is 0 Å². The number of nitrogens with one attached hydrogen (secondary N) is 1. The largest absolute Gasteiger partial charge is 0.465 e. The van der Waals surface area contributed by atoms with Crippen molar-refractivity contribution in [2.24, 2.45) is 0 Å². The molecule has 3 rings (SSSR count). The molecule has 1 aromatic heterocycles. The van der Waals surface area contributed by atoms with Gasteiger partial charge in [-0.25, -0.2) is 9.48 Å². The van der Waals surface area contributed by atoms with E-state index in [1.54, 1.807) is 24.3 Å². The van der Waals surface area contributed by atoms with Crippen LogP contribution in [0.4, 0.5) is 13.2 Å². The van der Waals surface area contributed by atoms with E-state index in [2.05, 4.69) is 15.2 Å². The average Bonchev–Trinajstić information content (AvgIpc) is 3.20. The fourth-order valence-electron chi connectivity index (χ4n) is 2.93. The summed E-state index contributed by atoms with van der Waals surface area (Å²) in [4.78, 5) is 23.9. The Kier molecular flexibility index (Phi) is 6.65. The highest BCUT2D eigenvalue weighted by Crippen LogP contribution is 2.34.